The molecule has 4 N–H and O–H groups in total. The number of likely N-dealkylation sites (N-methyl/N-ethyl adjacent to an activating group) is 2. The Hall–Kier alpha value is -3.63. The van der Waals surface area contributed by atoms with Gasteiger partial charge in [-0.3, -0.25) is 9.59 Å². The van der Waals surface area contributed by atoms with Crippen molar-refractivity contribution in [1.29, 1.82) is 0 Å². The number of nitrogens with two attached hydrogens (primary N) is 1. The highest BCUT2D eigenvalue weighted by molar-refractivity contribution is 5.89. The van der Waals surface area contributed by atoms with Gasteiger partial charge in [-0.05, 0) is 74.5 Å². The molecule has 2 heterocycles. The molecule has 2 aliphatic heterocycles. The summed E-state index contributed by atoms with van der Waals surface area (Å²) in [6.07, 6.45) is 2.38. The molecule has 6 rings (SSSR count). The molecule has 0 radical (unpaired) electrons. The fourth-order valence-electron chi connectivity index (χ4n) is 7.31. The molecule has 2 aliphatic carbocycles. The van der Waals surface area contributed by atoms with E-state index in [1.165, 1.54) is 10.5 Å². The number of hydrogen-bond donors (Lipinski definition) is 3. The van der Waals surface area contributed by atoms with E-state index in [4.69, 9.17) is 15.2 Å². The van der Waals surface area contributed by atoms with E-state index in [0.717, 1.165) is 36.9 Å². The number of carbonyl (C=O) groups is 3. The minimum atomic E-state index is -0.757. The molecule has 10 nitrogen and oxygen atoms in total. The second-order valence-corrected chi connectivity index (χ2v) is 11.6. The maximum Gasteiger partial charge on any atom is 0.415 e. The maximum absolute atomic E-state index is 13.1. The number of rotatable bonds is 7. The van der Waals surface area contributed by atoms with E-state index in [9.17, 15) is 19.5 Å². The molecule has 212 valence electrons. The van der Waals surface area contributed by atoms with E-state index in [-0.39, 0.29) is 35.9 Å². The van der Waals surface area contributed by atoms with Gasteiger partial charge in [0.15, 0.2) is 23.4 Å². The van der Waals surface area contributed by atoms with Crippen LogP contribution in [0.4, 0.5) is 4.79 Å². The number of aromatic hydroxyl groups is 1. The standard InChI is InChI=1S/C30H36N4O6/c1-33-13-11-30-20-8-9-23(36)27(30)40-26-24(10-5-18(25(26)30)16-22(20)33)39-29(38)34(2)14-12-32-28(37)21(31)15-17-3-6-19(35)7-4-17/h3-7,10,20-22,27,35H,8-9,11-16,31H2,1-2H3,(H,32,37)/t20?,21-,22?,27?,30?/m0/s1. The van der Waals surface area contributed by atoms with Gasteiger partial charge in [0.05, 0.1) is 6.04 Å². The fraction of sp³-hybridized carbons (Fsp3) is 0.500. The third kappa shape index (κ3) is 4.30. The Balaban J connectivity index is 1.10. The Morgan fingerprint density at radius 1 is 1.27 bits per heavy atom. The summed E-state index contributed by atoms with van der Waals surface area (Å²) in [7, 11) is 3.77. The zero-order valence-corrected chi connectivity index (χ0v) is 22.9. The Morgan fingerprint density at radius 2 is 2.05 bits per heavy atom. The van der Waals surface area contributed by atoms with Crippen molar-refractivity contribution in [2.24, 2.45) is 11.7 Å². The van der Waals surface area contributed by atoms with Crippen LogP contribution in [0.3, 0.4) is 0 Å². The lowest BCUT2D eigenvalue weighted by Gasteiger charge is -2.57. The zero-order valence-electron chi connectivity index (χ0n) is 22.9. The molecule has 2 aromatic carbocycles. The second-order valence-electron chi connectivity index (χ2n) is 11.6. The first-order chi connectivity index (χ1) is 19.2. The lowest BCUT2D eigenvalue weighted by molar-refractivity contribution is -0.138. The second kappa shape index (κ2) is 10.1. The largest absolute Gasteiger partial charge is 0.508 e. The van der Waals surface area contributed by atoms with Crippen molar-refractivity contribution in [3.05, 3.63) is 53.1 Å². The molecule has 1 saturated carbocycles. The molecule has 4 aliphatic rings. The predicted molar refractivity (Wildman–Crippen MR) is 146 cm³/mol. The van der Waals surface area contributed by atoms with Gasteiger partial charge < -0.3 is 35.4 Å². The Bertz CT molecular complexity index is 1350. The smallest absolute Gasteiger partial charge is 0.415 e. The molecule has 5 atom stereocenters. The number of nitrogens with one attached hydrogen (secondary N) is 1. The minimum Gasteiger partial charge on any atom is -0.508 e. The number of Topliss-reactive ketones (excluding diaryl/α,β-unsaturated/α-hetero) is 1. The third-order valence-electron chi connectivity index (χ3n) is 9.35. The van der Waals surface area contributed by atoms with Gasteiger partial charge in [-0.1, -0.05) is 18.2 Å². The van der Waals surface area contributed by atoms with Crippen LogP contribution in [-0.2, 0) is 27.8 Å². The molecule has 2 aromatic rings. The van der Waals surface area contributed by atoms with Crippen molar-refractivity contribution >= 4 is 17.8 Å². The van der Waals surface area contributed by atoms with Gasteiger partial charge in [0.1, 0.15) is 5.75 Å². The molecular formula is C30H36N4O6. The van der Waals surface area contributed by atoms with E-state index in [2.05, 4.69) is 17.3 Å². The van der Waals surface area contributed by atoms with Crippen LogP contribution in [0, 0.1) is 5.92 Å². The van der Waals surface area contributed by atoms with Crippen LogP contribution in [0.25, 0.3) is 0 Å². The first kappa shape index (κ1) is 26.6. The van der Waals surface area contributed by atoms with Gasteiger partial charge in [-0.25, -0.2) is 4.79 Å². The number of piperidine rings is 1. The van der Waals surface area contributed by atoms with Crippen LogP contribution in [0.15, 0.2) is 36.4 Å². The molecule has 40 heavy (non-hydrogen) atoms. The van der Waals surface area contributed by atoms with Gasteiger partial charge in [-0.2, -0.15) is 0 Å². The molecule has 10 heteroatoms. The molecule has 0 aromatic heterocycles. The minimum absolute atomic E-state index is 0.136. The number of ether oxygens (including phenoxy) is 2. The monoisotopic (exact) mass is 548 g/mol. The highest BCUT2D eigenvalue weighted by atomic mass is 16.6. The van der Waals surface area contributed by atoms with Crippen molar-refractivity contribution in [2.75, 3.05) is 33.7 Å². The number of nitrogens with zero attached hydrogens (tertiary/aromatic N) is 2. The lowest BCUT2D eigenvalue weighted by atomic mass is 9.52. The maximum atomic E-state index is 13.1. The number of ketones is 1. The molecule has 2 amide bonds. The molecule has 2 bridgehead atoms. The number of phenols is 1. The van der Waals surface area contributed by atoms with Crippen molar-refractivity contribution in [1.82, 2.24) is 15.1 Å². The topological polar surface area (TPSA) is 134 Å². The molecule has 4 unspecified atom stereocenters. The molecule has 1 saturated heterocycles. The molecular weight excluding hydrogens is 512 g/mol. The average Bonchev–Trinajstić information content (AvgIpc) is 3.29. The summed E-state index contributed by atoms with van der Waals surface area (Å²) < 4.78 is 12.2. The first-order valence-corrected chi connectivity index (χ1v) is 14.0. The Kier molecular flexibility index (Phi) is 6.70. The highest BCUT2D eigenvalue weighted by Gasteiger charge is 2.65. The van der Waals surface area contributed by atoms with E-state index in [0.29, 0.717) is 36.3 Å². The summed E-state index contributed by atoms with van der Waals surface area (Å²) in [5.74, 6) is 1.18. The summed E-state index contributed by atoms with van der Waals surface area (Å²) in [5.41, 5.74) is 8.78. The van der Waals surface area contributed by atoms with Gasteiger partial charge in [-0.15, -0.1) is 0 Å². The van der Waals surface area contributed by atoms with Gasteiger partial charge in [0.25, 0.3) is 0 Å². The summed E-state index contributed by atoms with van der Waals surface area (Å²) in [4.78, 5) is 42.3. The van der Waals surface area contributed by atoms with E-state index < -0.39 is 18.2 Å². The number of carbonyl (C=O) groups excluding carboxylic acids is 3. The number of phenolic OH excluding ortho intramolecular Hbond substituents is 1. The van der Waals surface area contributed by atoms with Crippen LogP contribution in [-0.4, -0.2) is 84.6 Å². The summed E-state index contributed by atoms with van der Waals surface area (Å²) in [5, 5.41) is 12.2. The van der Waals surface area contributed by atoms with Crippen molar-refractivity contribution in [2.45, 2.75) is 55.7 Å². The van der Waals surface area contributed by atoms with Crippen LogP contribution >= 0.6 is 0 Å². The SMILES string of the molecule is CN(CCNC(=O)[C@@H](N)Cc1ccc(O)cc1)C(=O)Oc1ccc2c3c1OC1C(=O)CCC4C(C2)N(C)CCC314. The van der Waals surface area contributed by atoms with E-state index in [1.54, 1.807) is 37.4 Å². The number of likely N-dealkylation sites (tertiary alicyclic amines) is 1. The molecule has 2 fully saturated rings. The van der Waals surface area contributed by atoms with Crippen LogP contribution in [0.1, 0.15) is 36.0 Å². The number of amides is 2. The Morgan fingerprint density at radius 3 is 2.83 bits per heavy atom. The van der Waals surface area contributed by atoms with Crippen molar-refractivity contribution in [3.8, 4) is 17.2 Å². The predicted octanol–water partition coefficient (Wildman–Crippen LogP) is 1.75. The van der Waals surface area contributed by atoms with Crippen LogP contribution in [0.2, 0.25) is 0 Å². The summed E-state index contributed by atoms with van der Waals surface area (Å²) >= 11 is 0. The van der Waals surface area contributed by atoms with Gasteiger partial charge in [0.2, 0.25) is 5.91 Å². The fourth-order valence-corrected chi connectivity index (χ4v) is 7.31. The highest BCUT2D eigenvalue weighted by Crippen LogP contribution is 2.63. The number of benzene rings is 2. The summed E-state index contributed by atoms with van der Waals surface area (Å²) in [6, 6.07) is 9.96. The van der Waals surface area contributed by atoms with Crippen molar-refractivity contribution < 1.29 is 29.0 Å². The van der Waals surface area contributed by atoms with E-state index in [1.807, 2.05) is 6.07 Å². The first-order valence-electron chi connectivity index (χ1n) is 14.0. The quantitative estimate of drug-likeness (QED) is 0.477. The third-order valence-corrected chi connectivity index (χ3v) is 9.35. The lowest BCUT2D eigenvalue weighted by Crippen LogP contribution is -2.65. The average molecular weight is 549 g/mol. The number of hydrogen-bond acceptors (Lipinski definition) is 8. The van der Waals surface area contributed by atoms with Crippen LogP contribution in [0.5, 0.6) is 17.2 Å². The zero-order chi connectivity index (χ0) is 28.2. The summed E-state index contributed by atoms with van der Waals surface area (Å²) in [6.45, 7) is 1.33. The van der Waals surface area contributed by atoms with E-state index >= 15 is 0 Å². The molecule has 1 spiro atoms. The van der Waals surface area contributed by atoms with Gasteiger partial charge in [0, 0.05) is 43.6 Å². The van der Waals surface area contributed by atoms with Gasteiger partial charge >= 0.3 is 6.09 Å². The Labute approximate surface area is 233 Å². The normalized spacial score (nSPS) is 26.9. The van der Waals surface area contributed by atoms with Crippen molar-refractivity contribution in [3.63, 3.8) is 0 Å². The van der Waals surface area contributed by atoms with Crippen LogP contribution < -0.4 is 20.5 Å².